The van der Waals surface area contributed by atoms with Gasteiger partial charge in [-0.25, -0.2) is 9.37 Å². The number of carbonyl (C=O) groups is 1. The number of nitro groups is 2. The van der Waals surface area contributed by atoms with E-state index in [0.717, 1.165) is 18.3 Å². The van der Waals surface area contributed by atoms with Gasteiger partial charge in [0.25, 0.3) is 11.6 Å². The van der Waals surface area contributed by atoms with Crippen LogP contribution in [0.2, 0.25) is 0 Å². The zero-order chi connectivity index (χ0) is 15.6. The van der Waals surface area contributed by atoms with Crippen LogP contribution in [0.15, 0.2) is 24.4 Å². The molecule has 0 aliphatic carbocycles. The molecule has 2 rings (SSSR count). The molecule has 0 aliphatic rings. The van der Waals surface area contributed by atoms with Crippen LogP contribution in [0.25, 0.3) is 0 Å². The number of nitrogens with one attached hydrogen (secondary N) is 1. The molecule has 0 unspecified atom stereocenters. The second kappa shape index (κ2) is 5.58. The number of carbonyl (C=O) groups excluding carboxylic acids is 1. The van der Waals surface area contributed by atoms with E-state index in [1.807, 2.05) is 0 Å². The summed E-state index contributed by atoms with van der Waals surface area (Å²) in [5, 5.41) is 22.7. The molecule has 1 aromatic heterocycles. The van der Waals surface area contributed by atoms with Gasteiger partial charge in [0.2, 0.25) is 0 Å². The molecule has 1 heterocycles. The van der Waals surface area contributed by atoms with Crippen LogP contribution >= 0.6 is 11.3 Å². The van der Waals surface area contributed by atoms with E-state index in [2.05, 4.69) is 10.3 Å². The Balaban J connectivity index is 2.20. The van der Waals surface area contributed by atoms with E-state index < -0.39 is 32.8 Å². The molecule has 1 N–H and O–H groups in total. The first-order chi connectivity index (χ1) is 9.88. The standard InChI is InChI=1S/C10H5FN4O5S/c11-7-3-5(14(17)18)1-2-6(7)9(16)13-10-12-4-8(21-10)15(19)20/h1-4H,(H,12,13,16). The molecule has 0 atom stereocenters. The maximum absolute atomic E-state index is 13.6. The van der Waals surface area contributed by atoms with Crippen molar-refractivity contribution in [2.75, 3.05) is 5.32 Å². The van der Waals surface area contributed by atoms with Crippen LogP contribution < -0.4 is 5.32 Å². The summed E-state index contributed by atoms with van der Waals surface area (Å²) in [5.74, 6) is -1.99. The number of benzene rings is 1. The smallest absolute Gasteiger partial charge is 0.298 e. The second-order valence-corrected chi connectivity index (χ2v) is 4.65. The van der Waals surface area contributed by atoms with Gasteiger partial charge < -0.3 is 0 Å². The lowest BCUT2D eigenvalue weighted by Gasteiger charge is -2.02. The van der Waals surface area contributed by atoms with Crippen LogP contribution in [0.4, 0.5) is 20.2 Å². The SMILES string of the molecule is O=C(Nc1ncc([N+](=O)[O-])s1)c1ccc([N+](=O)[O-])cc1F. The van der Waals surface area contributed by atoms with Crippen molar-refractivity contribution in [1.82, 2.24) is 4.98 Å². The predicted molar refractivity (Wildman–Crippen MR) is 69.8 cm³/mol. The molecule has 9 nitrogen and oxygen atoms in total. The van der Waals surface area contributed by atoms with Crippen LogP contribution in [0, 0.1) is 26.0 Å². The highest BCUT2D eigenvalue weighted by Crippen LogP contribution is 2.26. The van der Waals surface area contributed by atoms with Crippen molar-refractivity contribution >= 4 is 33.1 Å². The van der Waals surface area contributed by atoms with Crippen LogP contribution in [0.3, 0.4) is 0 Å². The molecular weight excluding hydrogens is 307 g/mol. The summed E-state index contributed by atoms with van der Waals surface area (Å²) in [4.78, 5) is 34.8. The lowest BCUT2D eigenvalue weighted by atomic mass is 10.2. The van der Waals surface area contributed by atoms with Crippen molar-refractivity contribution in [3.8, 4) is 0 Å². The molecule has 1 amide bonds. The number of hydrogen-bond acceptors (Lipinski definition) is 7. The number of non-ortho nitro benzene ring substituents is 1. The molecule has 21 heavy (non-hydrogen) atoms. The quantitative estimate of drug-likeness (QED) is 0.681. The fourth-order valence-corrected chi connectivity index (χ4v) is 2.00. The Morgan fingerprint density at radius 1 is 1.29 bits per heavy atom. The Hall–Kier alpha value is -2.95. The summed E-state index contributed by atoms with van der Waals surface area (Å²) in [6.07, 6.45) is 0.951. The minimum absolute atomic E-state index is 0.0792. The van der Waals surface area contributed by atoms with Gasteiger partial charge in [0.15, 0.2) is 5.13 Å². The highest BCUT2D eigenvalue weighted by molar-refractivity contribution is 7.18. The van der Waals surface area contributed by atoms with Gasteiger partial charge in [-0.2, -0.15) is 0 Å². The highest BCUT2D eigenvalue weighted by Gasteiger charge is 2.18. The van der Waals surface area contributed by atoms with Gasteiger partial charge in [-0.3, -0.25) is 30.3 Å². The van der Waals surface area contributed by atoms with Crippen molar-refractivity contribution in [3.05, 3.63) is 56.0 Å². The molecule has 0 saturated carbocycles. The number of amides is 1. The number of aromatic nitrogens is 1. The Labute approximate surface area is 119 Å². The minimum atomic E-state index is -1.08. The van der Waals surface area contributed by atoms with Crippen LogP contribution in [0.5, 0.6) is 0 Å². The highest BCUT2D eigenvalue weighted by atomic mass is 32.1. The fraction of sp³-hybridized carbons (Fsp3) is 0. The summed E-state index contributed by atoms with van der Waals surface area (Å²) < 4.78 is 13.6. The molecule has 0 aliphatic heterocycles. The summed E-state index contributed by atoms with van der Waals surface area (Å²) in [6.45, 7) is 0. The maximum atomic E-state index is 13.6. The van der Waals surface area contributed by atoms with Crippen LogP contribution in [0.1, 0.15) is 10.4 Å². The lowest BCUT2D eigenvalue weighted by Crippen LogP contribution is -2.13. The predicted octanol–water partition coefficient (Wildman–Crippen LogP) is 2.35. The van der Waals surface area contributed by atoms with Gasteiger partial charge >= 0.3 is 5.00 Å². The second-order valence-electron chi connectivity index (χ2n) is 3.64. The number of nitro benzene ring substituents is 1. The van der Waals surface area contributed by atoms with E-state index in [4.69, 9.17) is 0 Å². The average Bonchev–Trinajstić information content (AvgIpc) is 2.87. The van der Waals surface area contributed by atoms with Crippen molar-refractivity contribution in [1.29, 1.82) is 0 Å². The van der Waals surface area contributed by atoms with Crippen molar-refractivity contribution in [2.45, 2.75) is 0 Å². The fourth-order valence-electron chi connectivity index (χ4n) is 1.37. The largest absolute Gasteiger partial charge is 0.345 e. The van der Waals surface area contributed by atoms with Gasteiger partial charge in [0, 0.05) is 6.07 Å². The topological polar surface area (TPSA) is 128 Å². The monoisotopic (exact) mass is 312 g/mol. The molecule has 108 valence electrons. The first-order valence-electron chi connectivity index (χ1n) is 5.24. The van der Waals surface area contributed by atoms with Gasteiger partial charge in [0.05, 0.1) is 21.5 Å². The Kier molecular flexibility index (Phi) is 3.84. The molecule has 0 bridgehead atoms. The summed E-state index contributed by atoms with van der Waals surface area (Å²) in [6, 6.07) is 2.53. The molecule has 0 spiro atoms. The van der Waals surface area contributed by atoms with E-state index in [1.54, 1.807) is 0 Å². The van der Waals surface area contributed by atoms with E-state index in [9.17, 15) is 29.4 Å². The van der Waals surface area contributed by atoms with Gasteiger partial charge in [-0.05, 0) is 17.4 Å². The Bertz CT molecular complexity index is 747. The van der Waals surface area contributed by atoms with Gasteiger partial charge in [-0.1, -0.05) is 0 Å². The summed E-state index contributed by atoms with van der Waals surface area (Å²) in [7, 11) is 0. The summed E-state index contributed by atoms with van der Waals surface area (Å²) >= 11 is 0.605. The van der Waals surface area contributed by atoms with Gasteiger partial charge in [0.1, 0.15) is 12.0 Å². The molecule has 0 fully saturated rings. The molecule has 11 heteroatoms. The molecule has 0 radical (unpaired) electrons. The normalized spacial score (nSPS) is 10.1. The number of anilines is 1. The average molecular weight is 312 g/mol. The minimum Gasteiger partial charge on any atom is -0.298 e. The maximum Gasteiger partial charge on any atom is 0.345 e. The number of thiazole rings is 1. The number of halogens is 1. The van der Waals surface area contributed by atoms with Crippen molar-refractivity contribution in [3.63, 3.8) is 0 Å². The van der Waals surface area contributed by atoms with E-state index in [0.29, 0.717) is 17.4 Å². The lowest BCUT2D eigenvalue weighted by molar-refractivity contribution is -0.385. The molecule has 0 saturated heterocycles. The van der Waals surface area contributed by atoms with Gasteiger partial charge in [-0.15, -0.1) is 0 Å². The Morgan fingerprint density at radius 3 is 2.52 bits per heavy atom. The first-order valence-corrected chi connectivity index (χ1v) is 6.05. The van der Waals surface area contributed by atoms with Crippen LogP contribution in [-0.2, 0) is 0 Å². The molecule has 2 aromatic rings. The third-order valence-corrected chi connectivity index (χ3v) is 3.17. The van der Waals surface area contributed by atoms with E-state index in [1.165, 1.54) is 0 Å². The number of rotatable bonds is 4. The zero-order valence-corrected chi connectivity index (χ0v) is 10.8. The third kappa shape index (κ3) is 3.14. The van der Waals surface area contributed by atoms with Crippen LogP contribution in [-0.4, -0.2) is 20.7 Å². The first kappa shape index (κ1) is 14.5. The molecule has 1 aromatic carbocycles. The van der Waals surface area contributed by atoms with Crippen molar-refractivity contribution in [2.24, 2.45) is 0 Å². The molecular formula is C10H5FN4O5S. The van der Waals surface area contributed by atoms with E-state index >= 15 is 0 Å². The Morgan fingerprint density at radius 2 is 2.00 bits per heavy atom. The number of hydrogen-bond donors (Lipinski definition) is 1. The van der Waals surface area contributed by atoms with Crippen molar-refractivity contribution < 1.29 is 19.0 Å². The summed E-state index contributed by atoms with van der Waals surface area (Å²) in [5.41, 5.74) is -0.924. The third-order valence-electron chi connectivity index (χ3n) is 2.30. The van der Waals surface area contributed by atoms with E-state index in [-0.39, 0.29) is 10.1 Å². The zero-order valence-electron chi connectivity index (χ0n) is 9.98. The number of nitrogens with zero attached hydrogens (tertiary/aromatic N) is 3.